The van der Waals surface area contributed by atoms with Crippen LogP contribution in [0.1, 0.15) is 33.6 Å². The summed E-state index contributed by atoms with van der Waals surface area (Å²) in [6.45, 7) is 5.71. The maximum absolute atomic E-state index is 10.4. The number of aliphatic hydroxyl groups is 1. The fraction of sp³-hybridized carbons (Fsp3) is 0.889. The molecular formula is C9H16O3. The SMILES string of the molecule is CC1(C)CC1C(C)(O)CC(=O)O. The van der Waals surface area contributed by atoms with E-state index in [1.165, 1.54) is 0 Å². The van der Waals surface area contributed by atoms with E-state index in [2.05, 4.69) is 0 Å². The standard InChI is InChI=1S/C9H16O3/c1-8(2)4-6(8)9(3,12)5-7(10)11/h6,12H,4-5H2,1-3H3,(H,10,11). The molecule has 0 amide bonds. The van der Waals surface area contributed by atoms with Crippen molar-refractivity contribution < 1.29 is 15.0 Å². The number of carboxylic acid groups (broad SMARTS) is 1. The van der Waals surface area contributed by atoms with Crippen LogP contribution in [0.5, 0.6) is 0 Å². The smallest absolute Gasteiger partial charge is 0.306 e. The Morgan fingerprint density at radius 1 is 1.67 bits per heavy atom. The molecule has 0 aromatic rings. The molecule has 3 nitrogen and oxygen atoms in total. The van der Waals surface area contributed by atoms with Gasteiger partial charge in [0.2, 0.25) is 0 Å². The fourth-order valence-corrected chi connectivity index (χ4v) is 1.96. The molecule has 2 N–H and O–H groups in total. The molecule has 0 aromatic heterocycles. The Morgan fingerprint density at radius 2 is 2.08 bits per heavy atom. The van der Waals surface area contributed by atoms with Crippen molar-refractivity contribution in [2.24, 2.45) is 11.3 Å². The van der Waals surface area contributed by atoms with Crippen molar-refractivity contribution in [1.29, 1.82) is 0 Å². The van der Waals surface area contributed by atoms with Gasteiger partial charge >= 0.3 is 5.97 Å². The van der Waals surface area contributed by atoms with Gasteiger partial charge in [0, 0.05) is 0 Å². The predicted molar refractivity (Wildman–Crippen MR) is 44.8 cm³/mol. The highest BCUT2D eigenvalue weighted by Gasteiger charge is 2.55. The summed E-state index contributed by atoms with van der Waals surface area (Å²) in [7, 11) is 0. The van der Waals surface area contributed by atoms with Crippen LogP contribution < -0.4 is 0 Å². The van der Waals surface area contributed by atoms with Gasteiger partial charge in [0.25, 0.3) is 0 Å². The van der Waals surface area contributed by atoms with Crippen molar-refractivity contribution in [2.45, 2.75) is 39.2 Å². The molecule has 12 heavy (non-hydrogen) atoms. The maximum atomic E-state index is 10.4. The van der Waals surface area contributed by atoms with Crippen molar-refractivity contribution >= 4 is 5.97 Å². The molecule has 0 spiro atoms. The lowest BCUT2D eigenvalue weighted by atomic mass is 9.91. The minimum absolute atomic E-state index is 0.124. The minimum atomic E-state index is -1.03. The summed E-state index contributed by atoms with van der Waals surface area (Å²) in [6, 6.07) is 0. The molecule has 2 atom stereocenters. The van der Waals surface area contributed by atoms with E-state index < -0.39 is 11.6 Å². The van der Waals surface area contributed by atoms with Gasteiger partial charge < -0.3 is 10.2 Å². The summed E-state index contributed by atoms with van der Waals surface area (Å²) in [5, 5.41) is 18.3. The Bertz CT molecular complexity index is 206. The lowest BCUT2D eigenvalue weighted by molar-refractivity contribution is -0.143. The van der Waals surface area contributed by atoms with Crippen LogP contribution in [0.3, 0.4) is 0 Å². The van der Waals surface area contributed by atoms with Gasteiger partial charge in [-0.25, -0.2) is 0 Å². The van der Waals surface area contributed by atoms with Gasteiger partial charge in [-0.05, 0) is 24.7 Å². The summed E-state index contributed by atoms with van der Waals surface area (Å²) in [5.74, 6) is -0.788. The Balaban J connectivity index is 2.56. The zero-order valence-electron chi connectivity index (χ0n) is 7.79. The summed E-state index contributed by atoms with van der Waals surface area (Å²) in [5.41, 5.74) is -0.908. The van der Waals surface area contributed by atoms with Gasteiger partial charge in [0.1, 0.15) is 0 Å². The highest BCUT2D eigenvalue weighted by atomic mass is 16.4. The third-order valence-corrected chi connectivity index (χ3v) is 2.77. The molecular weight excluding hydrogens is 156 g/mol. The van der Waals surface area contributed by atoms with E-state index in [1.54, 1.807) is 6.92 Å². The highest BCUT2D eigenvalue weighted by Crippen LogP contribution is 2.57. The molecule has 0 bridgehead atoms. The van der Waals surface area contributed by atoms with Gasteiger partial charge in [-0.15, -0.1) is 0 Å². The highest BCUT2D eigenvalue weighted by molar-refractivity contribution is 5.68. The molecule has 2 unspecified atom stereocenters. The van der Waals surface area contributed by atoms with Crippen LogP contribution in [0, 0.1) is 11.3 Å². The van der Waals surface area contributed by atoms with Crippen LogP contribution in [-0.2, 0) is 4.79 Å². The molecule has 1 fully saturated rings. The van der Waals surface area contributed by atoms with Crippen molar-refractivity contribution in [2.75, 3.05) is 0 Å². The van der Waals surface area contributed by atoms with E-state index in [-0.39, 0.29) is 17.8 Å². The number of rotatable bonds is 3. The Kier molecular flexibility index (Phi) is 1.95. The maximum Gasteiger partial charge on any atom is 0.306 e. The van der Waals surface area contributed by atoms with Crippen molar-refractivity contribution in [3.05, 3.63) is 0 Å². The number of hydrogen-bond acceptors (Lipinski definition) is 2. The van der Waals surface area contributed by atoms with E-state index in [1.807, 2.05) is 13.8 Å². The number of aliphatic carboxylic acids is 1. The fourth-order valence-electron chi connectivity index (χ4n) is 1.96. The first-order valence-electron chi connectivity index (χ1n) is 4.20. The third-order valence-electron chi connectivity index (χ3n) is 2.77. The molecule has 0 heterocycles. The van der Waals surface area contributed by atoms with Gasteiger partial charge in [0.05, 0.1) is 12.0 Å². The molecule has 70 valence electrons. The summed E-state index contributed by atoms with van der Waals surface area (Å²) in [6.07, 6.45) is 0.772. The summed E-state index contributed by atoms with van der Waals surface area (Å²) in [4.78, 5) is 10.4. The van der Waals surface area contributed by atoms with Gasteiger partial charge in [-0.1, -0.05) is 13.8 Å². The molecule has 1 aliphatic rings. The van der Waals surface area contributed by atoms with Crippen LogP contribution in [0.2, 0.25) is 0 Å². The quantitative estimate of drug-likeness (QED) is 0.673. The van der Waals surface area contributed by atoms with E-state index >= 15 is 0 Å². The zero-order valence-corrected chi connectivity index (χ0v) is 7.79. The number of carbonyl (C=O) groups is 1. The van der Waals surface area contributed by atoms with E-state index in [9.17, 15) is 9.90 Å². The molecule has 0 aliphatic heterocycles. The molecule has 1 aliphatic carbocycles. The largest absolute Gasteiger partial charge is 0.481 e. The first-order chi connectivity index (χ1) is 5.26. The van der Waals surface area contributed by atoms with Crippen molar-refractivity contribution in [3.63, 3.8) is 0 Å². The molecule has 3 heteroatoms. The zero-order chi connectivity index (χ0) is 9.57. The monoisotopic (exact) mass is 172 g/mol. The average Bonchev–Trinajstić information content (AvgIpc) is 2.36. The first kappa shape index (κ1) is 9.52. The van der Waals surface area contributed by atoms with Crippen LogP contribution in [0.25, 0.3) is 0 Å². The predicted octanol–water partition coefficient (Wildman–Crippen LogP) is 1.26. The second-order valence-corrected chi connectivity index (χ2v) is 4.67. The minimum Gasteiger partial charge on any atom is -0.481 e. The summed E-state index contributed by atoms with van der Waals surface area (Å²) < 4.78 is 0. The number of hydrogen-bond donors (Lipinski definition) is 2. The van der Waals surface area contributed by atoms with E-state index in [0.717, 1.165) is 6.42 Å². The topological polar surface area (TPSA) is 57.5 Å². The van der Waals surface area contributed by atoms with Crippen LogP contribution in [-0.4, -0.2) is 21.8 Å². The third kappa shape index (κ3) is 1.78. The van der Waals surface area contributed by atoms with Crippen LogP contribution >= 0.6 is 0 Å². The molecule has 0 aromatic carbocycles. The normalized spacial score (nSPS) is 30.8. The van der Waals surface area contributed by atoms with E-state index in [0.29, 0.717) is 0 Å². The van der Waals surface area contributed by atoms with Crippen molar-refractivity contribution in [1.82, 2.24) is 0 Å². The van der Waals surface area contributed by atoms with E-state index in [4.69, 9.17) is 5.11 Å². The number of carboxylic acids is 1. The second kappa shape index (κ2) is 2.46. The average molecular weight is 172 g/mol. The van der Waals surface area contributed by atoms with Crippen LogP contribution in [0.15, 0.2) is 0 Å². The molecule has 0 radical (unpaired) electrons. The molecule has 1 rings (SSSR count). The second-order valence-electron chi connectivity index (χ2n) is 4.67. The molecule has 0 saturated heterocycles. The van der Waals surface area contributed by atoms with Gasteiger partial charge in [0.15, 0.2) is 0 Å². The Labute approximate surface area is 72.4 Å². The van der Waals surface area contributed by atoms with Crippen molar-refractivity contribution in [3.8, 4) is 0 Å². The van der Waals surface area contributed by atoms with Crippen LogP contribution in [0.4, 0.5) is 0 Å². The Hall–Kier alpha value is -0.570. The lowest BCUT2D eigenvalue weighted by Gasteiger charge is -2.22. The van der Waals surface area contributed by atoms with Gasteiger partial charge in [-0.3, -0.25) is 4.79 Å². The summed E-state index contributed by atoms with van der Waals surface area (Å²) >= 11 is 0. The molecule has 1 saturated carbocycles. The van der Waals surface area contributed by atoms with Gasteiger partial charge in [-0.2, -0.15) is 0 Å². The lowest BCUT2D eigenvalue weighted by Crippen LogP contribution is -2.32. The Morgan fingerprint density at radius 3 is 2.33 bits per heavy atom. The first-order valence-corrected chi connectivity index (χ1v) is 4.20.